The molecule has 0 radical (unpaired) electrons. The number of aryl methyl sites for hydroxylation is 2. The Kier molecular flexibility index (Phi) is 5.86. The minimum atomic E-state index is 0.0598. The summed E-state index contributed by atoms with van der Waals surface area (Å²) in [6.45, 7) is 6.51. The van der Waals surface area contributed by atoms with Gasteiger partial charge >= 0.3 is 0 Å². The van der Waals surface area contributed by atoms with E-state index in [9.17, 15) is 0 Å². The van der Waals surface area contributed by atoms with E-state index in [1.807, 2.05) is 0 Å². The summed E-state index contributed by atoms with van der Waals surface area (Å²) in [5.41, 5.74) is 4.26. The van der Waals surface area contributed by atoms with Crippen molar-refractivity contribution in [1.82, 2.24) is 20.3 Å². The van der Waals surface area contributed by atoms with Gasteiger partial charge in [-0.05, 0) is 37.1 Å². The Bertz CT molecular complexity index is 548. The van der Waals surface area contributed by atoms with E-state index in [1.165, 1.54) is 11.1 Å². The fraction of sp³-hybridized carbons (Fsp3) is 0.467. The van der Waals surface area contributed by atoms with Crippen molar-refractivity contribution >= 4 is 0 Å². The fourth-order valence-corrected chi connectivity index (χ4v) is 2.09. The highest BCUT2D eigenvalue weighted by Gasteiger charge is 2.04. The number of ether oxygens (including phenoxy) is 1. The molecule has 6 nitrogen and oxygen atoms in total. The molecular formula is C15H22N4O2. The van der Waals surface area contributed by atoms with Crippen molar-refractivity contribution in [2.24, 2.45) is 0 Å². The quantitative estimate of drug-likeness (QED) is 0.709. The molecule has 0 saturated heterocycles. The third-order valence-corrected chi connectivity index (χ3v) is 2.94. The molecule has 6 heteroatoms. The molecular weight excluding hydrogens is 268 g/mol. The molecule has 21 heavy (non-hydrogen) atoms. The molecule has 0 aliphatic heterocycles. The number of aliphatic hydroxyl groups excluding tert-OH is 1. The molecule has 0 fully saturated rings. The smallest absolute Gasteiger partial charge is 0.0969 e. The van der Waals surface area contributed by atoms with Crippen LogP contribution in [0.25, 0.3) is 5.69 Å². The second kappa shape index (κ2) is 7.87. The van der Waals surface area contributed by atoms with Gasteiger partial charge in [-0.25, -0.2) is 0 Å². The van der Waals surface area contributed by atoms with Crippen molar-refractivity contribution in [3.05, 3.63) is 41.2 Å². The highest BCUT2D eigenvalue weighted by Crippen LogP contribution is 2.11. The zero-order valence-electron chi connectivity index (χ0n) is 12.5. The largest absolute Gasteiger partial charge is 0.394 e. The van der Waals surface area contributed by atoms with Gasteiger partial charge < -0.3 is 15.2 Å². The number of aromatic nitrogens is 3. The van der Waals surface area contributed by atoms with Crippen molar-refractivity contribution in [2.45, 2.75) is 20.4 Å². The SMILES string of the molecule is Cc1cc(C)cc(-n2ncc(CNCCOCCO)n2)c1. The van der Waals surface area contributed by atoms with Crippen LogP contribution in [0.1, 0.15) is 16.8 Å². The van der Waals surface area contributed by atoms with Crippen molar-refractivity contribution in [3.63, 3.8) is 0 Å². The summed E-state index contributed by atoms with van der Waals surface area (Å²) in [5.74, 6) is 0. The number of hydrogen-bond acceptors (Lipinski definition) is 5. The van der Waals surface area contributed by atoms with Crippen LogP contribution in [-0.2, 0) is 11.3 Å². The third kappa shape index (κ3) is 4.93. The molecule has 1 aromatic carbocycles. The molecule has 2 aromatic rings. The molecule has 1 aromatic heterocycles. The van der Waals surface area contributed by atoms with Crippen LogP contribution < -0.4 is 5.32 Å². The predicted octanol–water partition coefficient (Wildman–Crippen LogP) is 0.983. The van der Waals surface area contributed by atoms with Gasteiger partial charge in [0.15, 0.2) is 0 Å². The molecule has 0 saturated carbocycles. The van der Waals surface area contributed by atoms with Gasteiger partial charge in [0.25, 0.3) is 0 Å². The standard InChI is InChI=1S/C15H22N4O2/c1-12-7-13(2)9-15(8-12)19-17-11-14(18-19)10-16-3-5-21-6-4-20/h7-9,11,16,20H,3-6,10H2,1-2H3. The van der Waals surface area contributed by atoms with Gasteiger partial charge in [0, 0.05) is 13.1 Å². The summed E-state index contributed by atoms with van der Waals surface area (Å²) in [4.78, 5) is 1.65. The molecule has 0 aliphatic carbocycles. The molecule has 114 valence electrons. The van der Waals surface area contributed by atoms with Gasteiger partial charge in [0.2, 0.25) is 0 Å². The van der Waals surface area contributed by atoms with E-state index >= 15 is 0 Å². The maximum Gasteiger partial charge on any atom is 0.0969 e. The van der Waals surface area contributed by atoms with E-state index in [1.54, 1.807) is 11.0 Å². The Morgan fingerprint density at radius 1 is 1.19 bits per heavy atom. The van der Waals surface area contributed by atoms with Crippen molar-refractivity contribution in [1.29, 1.82) is 0 Å². The van der Waals surface area contributed by atoms with Gasteiger partial charge in [0.05, 0.1) is 37.4 Å². The Morgan fingerprint density at radius 3 is 2.67 bits per heavy atom. The first-order valence-corrected chi connectivity index (χ1v) is 7.08. The fourth-order valence-electron chi connectivity index (χ4n) is 2.09. The minimum absolute atomic E-state index is 0.0598. The molecule has 0 amide bonds. The molecule has 0 unspecified atom stereocenters. The van der Waals surface area contributed by atoms with Crippen LogP contribution in [0.15, 0.2) is 24.4 Å². The van der Waals surface area contributed by atoms with Gasteiger partial charge in [-0.2, -0.15) is 15.0 Å². The highest BCUT2D eigenvalue weighted by molar-refractivity contribution is 5.37. The Balaban J connectivity index is 1.86. The van der Waals surface area contributed by atoms with Gasteiger partial charge in [-0.3, -0.25) is 0 Å². The van der Waals surface area contributed by atoms with Crippen molar-refractivity contribution in [2.75, 3.05) is 26.4 Å². The second-order valence-corrected chi connectivity index (χ2v) is 4.98. The minimum Gasteiger partial charge on any atom is -0.394 e. The van der Waals surface area contributed by atoms with E-state index in [-0.39, 0.29) is 6.61 Å². The lowest BCUT2D eigenvalue weighted by Crippen LogP contribution is -2.20. The topological polar surface area (TPSA) is 72.2 Å². The number of rotatable bonds is 8. The van der Waals surface area contributed by atoms with E-state index in [0.29, 0.717) is 19.8 Å². The van der Waals surface area contributed by atoms with Crippen LogP contribution in [0.2, 0.25) is 0 Å². The number of hydrogen-bond donors (Lipinski definition) is 2. The Labute approximate surface area is 124 Å². The lowest BCUT2D eigenvalue weighted by molar-refractivity contribution is 0.0937. The zero-order chi connectivity index (χ0) is 15.1. The molecule has 1 heterocycles. The maximum absolute atomic E-state index is 8.58. The average Bonchev–Trinajstić information content (AvgIpc) is 2.90. The van der Waals surface area contributed by atoms with E-state index < -0.39 is 0 Å². The Morgan fingerprint density at radius 2 is 1.95 bits per heavy atom. The number of benzene rings is 1. The summed E-state index contributed by atoms with van der Waals surface area (Å²) in [7, 11) is 0. The summed E-state index contributed by atoms with van der Waals surface area (Å²) in [6, 6.07) is 6.25. The molecule has 0 spiro atoms. The number of nitrogens with zero attached hydrogens (tertiary/aromatic N) is 3. The van der Waals surface area contributed by atoms with Gasteiger partial charge in [-0.15, -0.1) is 0 Å². The number of aliphatic hydroxyl groups is 1. The predicted molar refractivity (Wildman–Crippen MR) is 80.4 cm³/mol. The highest BCUT2D eigenvalue weighted by atomic mass is 16.5. The van der Waals surface area contributed by atoms with Crippen LogP contribution in [0, 0.1) is 13.8 Å². The van der Waals surface area contributed by atoms with E-state index in [2.05, 4.69) is 47.6 Å². The zero-order valence-corrected chi connectivity index (χ0v) is 12.5. The summed E-state index contributed by atoms with van der Waals surface area (Å²) in [6.07, 6.45) is 1.76. The number of nitrogens with one attached hydrogen (secondary N) is 1. The van der Waals surface area contributed by atoms with Gasteiger partial charge in [-0.1, -0.05) is 6.07 Å². The monoisotopic (exact) mass is 290 g/mol. The maximum atomic E-state index is 8.58. The lowest BCUT2D eigenvalue weighted by Gasteiger charge is -2.04. The first-order chi connectivity index (χ1) is 10.2. The van der Waals surface area contributed by atoms with Crippen molar-refractivity contribution in [3.8, 4) is 5.69 Å². The first-order valence-electron chi connectivity index (χ1n) is 7.08. The van der Waals surface area contributed by atoms with E-state index in [4.69, 9.17) is 9.84 Å². The molecule has 0 aliphatic rings. The molecule has 0 bridgehead atoms. The van der Waals surface area contributed by atoms with Crippen LogP contribution in [0.5, 0.6) is 0 Å². The summed E-state index contributed by atoms with van der Waals surface area (Å²) >= 11 is 0. The summed E-state index contributed by atoms with van der Waals surface area (Å²) < 4.78 is 5.17. The summed E-state index contributed by atoms with van der Waals surface area (Å²) in [5, 5.41) is 20.6. The lowest BCUT2D eigenvalue weighted by atomic mass is 10.1. The molecule has 2 N–H and O–H groups in total. The molecule has 0 atom stereocenters. The van der Waals surface area contributed by atoms with Crippen molar-refractivity contribution < 1.29 is 9.84 Å². The molecule has 2 rings (SSSR count). The van der Waals surface area contributed by atoms with Crippen LogP contribution in [0.3, 0.4) is 0 Å². The van der Waals surface area contributed by atoms with E-state index in [0.717, 1.165) is 17.9 Å². The second-order valence-electron chi connectivity index (χ2n) is 4.98. The van der Waals surface area contributed by atoms with Crippen LogP contribution >= 0.6 is 0 Å². The van der Waals surface area contributed by atoms with Gasteiger partial charge in [0.1, 0.15) is 0 Å². The first kappa shape index (κ1) is 15.6. The normalized spacial score (nSPS) is 11.0. The Hall–Kier alpha value is -1.76. The third-order valence-electron chi connectivity index (χ3n) is 2.94. The van der Waals surface area contributed by atoms with Crippen LogP contribution in [0.4, 0.5) is 0 Å². The van der Waals surface area contributed by atoms with Crippen LogP contribution in [-0.4, -0.2) is 46.5 Å². The average molecular weight is 290 g/mol.